The Morgan fingerprint density at radius 2 is 1.71 bits per heavy atom. The largest absolute Gasteiger partial charge is 0.492 e. The number of hydrogen-bond acceptors (Lipinski definition) is 5. The molecule has 8 nitrogen and oxygen atoms in total. The fourth-order valence-corrected chi connectivity index (χ4v) is 6.22. The zero-order valence-corrected chi connectivity index (χ0v) is 20.5. The highest BCUT2D eigenvalue weighted by molar-refractivity contribution is 7.89. The van der Waals surface area contributed by atoms with Crippen molar-refractivity contribution >= 4 is 21.6 Å². The van der Waals surface area contributed by atoms with E-state index in [1.54, 1.807) is 24.6 Å². The standard InChI is InChI=1S/C25H30N4O4S/c1-4-33-23-13-9-8-12-22(23)26-25(30)20-14-16-28(17-15-20)34(31,32)24-18(2)27-29(19(24)3)21-10-6-5-7-11-21/h5-13,20H,4,14-17H2,1-3H3,(H,26,30). The fourth-order valence-electron chi connectivity index (χ4n) is 4.40. The van der Waals surface area contributed by atoms with Crippen molar-refractivity contribution in [2.75, 3.05) is 25.0 Å². The summed E-state index contributed by atoms with van der Waals surface area (Å²) >= 11 is 0. The lowest BCUT2D eigenvalue weighted by molar-refractivity contribution is -0.120. The summed E-state index contributed by atoms with van der Waals surface area (Å²) in [6.45, 7) is 6.45. The van der Waals surface area contributed by atoms with Crippen LogP contribution in [0.2, 0.25) is 0 Å². The number of anilines is 1. The lowest BCUT2D eigenvalue weighted by atomic mass is 9.97. The second-order valence-corrected chi connectivity index (χ2v) is 10.2. The van der Waals surface area contributed by atoms with Crippen LogP contribution in [0.25, 0.3) is 5.69 Å². The van der Waals surface area contributed by atoms with E-state index in [-0.39, 0.29) is 29.8 Å². The van der Waals surface area contributed by atoms with Gasteiger partial charge in [-0.3, -0.25) is 4.79 Å². The first-order valence-corrected chi connectivity index (χ1v) is 12.9. The molecule has 1 amide bonds. The summed E-state index contributed by atoms with van der Waals surface area (Å²) in [6, 6.07) is 16.8. The Morgan fingerprint density at radius 1 is 1.06 bits per heavy atom. The smallest absolute Gasteiger partial charge is 0.246 e. The number of para-hydroxylation sites is 3. The second-order valence-electron chi connectivity index (χ2n) is 8.34. The zero-order valence-electron chi connectivity index (χ0n) is 19.7. The highest BCUT2D eigenvalue weighted by Gasteiger charge is 2.35. The first kappa shape index (κ1) is 24.0. The number of hydrogen-bond donors (Lipinski definition) is 1. The third kappa shape index (κ3) is 4.71. The van der Waals surface area contributed by atoms with Crippen molar-refractivity contribution in [3.8, 4) is 11.4 Å². The molecule has 4 rings (SSSR count). The minimum atomic E-state index is -3.73. The number of carbonyl (C=O) groups is 1. The first-order chi connectivity index (χ1) is 16.3. The Kier molecular flexibility index (Phi) is 7.04. The van der Waals surface area contributed by atoms with Crippen LogP contribution in [0, 0.1) is 19.8 Å². The molecule has 3 aromatic rings. The van der Waals surface area contributed by atoms with Crippen molar-refractivity contribution in [2.45, 2.75) is 38.5 Å². The van der Waals surface area contributed by atoms with Crippen molar-refractivity contribution in [1.82, 2.24) is 14.1 Å². The molecule has 1 N–H and O–H groups in total. The molecular formula is C25H30N4O4S. The van der Waals surface area contributed by atoms with Crippen LogP contribution in [0.15, 0.2) is 59.5 Å². The maximum absolute atomic E-state index is 13.5. The van der Waals surface area contributed by atoms with E-state index in [0.717, 1.165) is 5.69 Å². The molecule has 2 heterocycles. The number of sulfonamides is 1. The molecule has 34 heavy (non-hydrogen) atoms. The van der Waals surface area contributed by atoms with Crippen molar-refractivity contribution in [1.29, 1.82) is 0 Å². The van der Waals surface area contributed by atoms with Gasteiger partial charge < -0.3 is 10.1 Å². The molecule has 1 saturated heterocycles. The van der Waals surface area contributed by atoms with Crippen molar-refractivity contribution in [2.24, 2.45) is 5.92 Å². The van der Waals surface area contributed by atoms with Gasteiger partial charge in [-0.25, -0.2) is 13.1 Å². The van der Waals surface area contributed by atoms with Crippen LogP contribution < -0.4 is 10.1 Å². The number of nitrogens with zero attached hydrogens (tertiary/aromatic N) is 3. The van der Waals surface area contributed by atoms with Crippen LogP contribution in [0.5, 0.6) is 5.75 Å². The number of aromatic nitrogens is 2. The van der Waals surface area contributed by atoms with Crippen LogP contribution in [0.1, 0.15) is 31.2 Å². The number of rotatable bonds is 7. The van der Waals surface area contributed by atoms with E-state index in [0.29, 0.717) is 42.3 Å². The normalized spacial score (nSPS) is 15.3. The first-order valence-electron chi connectivity index (χ1n) is 11.5. The predicted molar refractivity (Wildman–Crippen MR) is 131 cm³/mol. The van der Waals surface area contributed by atoms with Gasteiger partial charge in [0.2, 0.25) is 15.9 Å². The highest BCUT2D eigenvalue weighted by Crippen LogP contribution is 2.30. The molecule has 0 atom stereocenters. The predicted octanol–water partition coefficient (Wildman–Crippen LogP) is 3.93. The van der Waals surface area contributed by atoms with Crippen molar-refractivity contribution in [3.63, 3.8) is 0 Å². The number of benzene rings is 2. The van der Waals surface area contributed by atoms with Gasteiger partial charge in [0.05, 0.1) is 29.4 Å². The Hall–Kier alpha value is -3.17. The zero-order chi connectivity index (χ0) is 24.3. The number of amides is 1. The number of nitrogens with one attached hydrogen (secondary N) is 1. The summed E-state index contributed by atoms with van der Waals surface area (Å²) in [4.78, 5) is 13.1. The molecule has 0 saturated carbocycles. The molecule has 0 radical (unpaired) electrons. The van der Waals surface area contributed by atoms with E-state index in [1.165, 1.54) is 4.31 Å². The van der Waals surface area contributed by atoms with Crippen LogP contribution in [0.4, 0.5) is 5.69 Å². The Balaban J connectivity index is 1.46. The molecule has 1 aliphatic rings. The summed E-state index contributed by atoms with van der Waals surface area (Å²) in [5, 5.41) is 7.43. The van der Waals surface area contributed by atoms with Gasteiger partial charge in [-0.1, -0.05) is 30.3 Å². The van der Waals surface area contributed by atoms with Gasteiger partial charge in [-0.05, 0) is 57.9 Å². The number of ether oxygens (including phenoxy) is 1. The molecule has 0 aliphatic carbocycles. The Bertz CT molecular complexity index is 1260. The summed E-state index contributed by atoms with van der Waals surface area (Å²) in [5.41, 5.74) is 2.49. The maximum atomic E-state index is 13.5. The van der Waals surface area contributed by atoms with E-state index >= 15 is 0 Å². The lowest BCUT2D eigenvalue weighted by Gasteiger charge is -2.30. The van der Waals surface area contributed by atoms with E-state index in [2.05, 4.69) is 10.4 Å². The van der Waals surface area contributed by atoms with E-state index < -0.39 is 10.0 Å². The van der Waals surface area contributed by atoms with Crippen LogP contribution in [0.3, 0.4) is 0 Å². The molecule has 0 spiro atoms. The molecular weight excluding hydrogens is 452 g/mol. The number of aryl methyl sites for hydroxylation is 1. The van der Waals surface area contributed by atoms with Crippen LogP contribution in [-0.2, 0) is 14.8 Å². The van der Waals surface area contributed by atoms with E-state index in [1.807, 2.05) is 55.5 Å². The number of carbonyl (C=O) groups excluding carboxylic acids is 1. The number of piperidine rings is 1. The average Bonchev–Trinajstić information content (AvgIpc) is 3.15. The Labute approximate surface area is 200 Å². The summed E-state index contributed by atoms with van der Waals surface area (Å²) < 4.78 is 35.7. The van der Waals surface area contributed by atoms with Crippen molar-refractivity contribution in [3.05, 3.63) is 66.0 Å². The third-order valence-corrected chi connectivity index (χ3v) is 8.24. The molecule has 0 bridgehead atoms. The molecule has 1 fully saturated rings. The second kappa shape index (κ2) is 9.99. The van der Waals surface area contributed by atoms with Gasteiger partial charge in [0, 0.05) is 19.0 Å². The van der Waals surface area contributed by atoms with E-state index in [9.17, 15) is 13.2 Å². The molecule has 2 aromatic carbocycles. The molecule has 180 valence electrons. The van der Waals surface area contributed by atoms with Gasteiger partial charge in [0.15, 0.2) is 0 Å². The third-order valence-electron chi connectivity index (χ3n) is 6.09. The molecule has 1 aromatic heterocycles. The minimum Gasteiger partial charge on any atom is -0.492 e. The van der Waals surface area contributed by atoms with Gasteiger partial charge in [-0.2, -0.15) is 9.40 Å². The van der Waals surface area contributed by atoms with Gasteiger partial charge in [0.25, 0.3) is 0 Å². The summed E-state index contributed by atoms with van der Waals surface area (Å²) in [5.74, 6) is 0.239. The topological polar surface area (TPSA) is 93.5 Å². The van der Waals surface area contributed by atoms with E-state index in [4.69, 9.17) is 4.74 Å². The van der Waals surface area contributed by atoms with Crippen molar-refractivity contribution < 1.29 is 17.9 Å². The van der Waals surface area contributed by atoms with Crippen LogP contribution >= 0.6 is 0 Å². The molecule has 1 aliphatic heterocycles. The van der Waals surface area contributed by atoms with Gasteiger partial charge in [0.1, 0.15) is 10.6 Å². The summed E-state index contributed by atoms with van der Waals surface area (Å²) in [7, 11) is -3.73. The SMILES string of the molecule is CCOc1ccccc1NC(=O)C1CCN(S(=O)(=O)c2c(C)nn(-c3ccccc3)c2C)CC1. The van der Waals surface area contributed by atoms with Gasteiger partial charge >= 0.3 is 0 Å². The Morgan fingerprint density at radius 3 is 2.38 bits per heavy atom. The van der Waals surface area contributed by atoms with Gasteiger partial charge in [-0.15, -0.1) is 0 Å². The minimum absolute atomic E-state index is 0.117. The monoisotopic (exact) mass is 482 g/mol. The molecule has 0 unspecified atom stereocenters. The van der Waals surface area contributed by atoms with Crippen LogP contribution in [-0.4, -0.2) is 48.1 Å². The highest BCUT2D eigenvalue weighted by atomic mass is 32.2. The maximum Gasteiger partial charge on any atom is 0.246 e. The summed E-state index contributed by atoms with van der Waals surface area (Å²) in [6.07, 6.45) is 0.902. The fraction of sp³-hybridized carbons (Fsp3) is 0.360. The quantitative estimate of drug-likeness (QED) is 0.551. The molecule has 9 heteroatoms. The average molecular weight is 483 g/mol. The lowest BCUT2D eigenvalue weighted by Crippen LogP contribution is -2.41.